The van der Waals surface area contributed by atoms with Crippen LogP contribution in [-0.2, 0) is 9.59 Å². The first-order valence-corrected chi connectivity index (χ1v) is 10.5. The lowest BCUT2D eigenvalue weighted by atomic mass is 10.2. The minimum Gasteiger partial charge on any atom is -0.366 e. The number of urea groups is 1. The average Bonchev–Trinajstić information content (AvgIpc) is 2.86. The van der Waals surface area contributed by atoms with Crippen LogP contribution in [0.1, 0.15) is 10.4 Å². The Kier molecular flexibility index (Phi) is 7.96. The summed E-state index contributed by atoms with van der Waals surface area (Å²) in [5.74, 6) is -1.39. The molecule has 174 valence electrons. The summed E-state index contributed by atoms with van der Waals surface area (Å²) >= 11 is 0. The summed E-state index contributed by atoms with van der Waals surface area (Å²) in [6.45, 7) is -0.559. The lowest BCUT2D eigenvalue weighted by Gasteiger charge is -2.25. The Morgan fingerprint density at radius 2 is 1.41 bits per heavy atom. The van der Waals surface area contributed by atoms with Crippen molar-refractivity contribution < 1.29 is 19.2 Å². The van der Waals surface area contributed by atoms with Crippen LogP contribution >= 0.6 is 0 Å². The highest BCUT2D eigenvalue weighted by molar-refractivity contribution is 6.05. The molecule has 5 amide bonds. The molecule has 0 aromatic heterocycles. The van der Waals surface area contributed by atoms with Gasteiger partial charge in [0.15, 0.2) is 0 Å². The summed E-state index contributed by atoms with van der Waals surface area (Å²) in [6.07, 6.45) is 0. The molecule has 3 aromatic rings. The first kappa shape index (κ1) is 24.0. The first-order chi connectivity index (χ1) is 16.3. The highest BCUT2D eigenvalue weighted by atomic mass is 16.2. The fraction of sp³-hybridized carbons (Fsp3) is 0.120. The van der Waals surface area contributed by atoms with E-state index in [0.29, 0.717) is 17.1 Å². The van der Waals surface area contributed by atoms with Gasteiger partial charge in [0, 0.05) is 29.7 Å². The van der Waals surface area contributed by atoms with E-state index in [1.807, 2.05) is 18.2 Å². The molecular formula is C25H25N5O4. The molecule has 0 atom stereocenters. The van der Waals surface area contributed by atoms with Crippen molar-refractivity contribution in [1.29, 1.82) is 0 Å². The minimum atomic E-state index is -0.643. The van der Waals surface area contributed by atoms with E-state index in [1.54, 1.807) is 61.6 Å². The number of likely N-dealkylation sites (N-methyl/N-ethyl adjacent to an activating group) is 1. The molecule has 9 nitrogen and oxygen atoms in total. The smallest absolute Gasteiger partial charge is 0.319 e. The van der Waals surface area contributed by atoms with Crippen molar-refractivity contribution in [3.05, 3.63) is 90.5 Å². The van der Waals surface area contributed by atoms with Crippen molar-refractivity contribution in [2.75, 3.05) is 35.3 Å². The first-order valence-electron chi connectivity index (χ1n) is 10.5. The van der Waals surface area contributed by atoms with Crippen LogP contribution in [0.3, 0.4) is 0 Å². The molecule has 0 aliphatic carbocycles. The number of nitrogens with zero attached hydrogens (tertiary/aromatic N) is 2. The Morgan fingerprint density at radius 3 is 2.03 bits per heavy atom. The maximum absolute atomic E-state index is 13.0. The molecule has 3 aromatic carbocycles. The summed E-state index contributed by atoms with van der Waals surface area (Å²) in [6, 6.07) is 23.3. The number of carbonyl (C=O) groups is 4. The third-order valence-corrected chi connectivity index (χ3v) is 4.99. The van der Waals surface area contributed by atoms with Crippen molar-refractivity contribution in [1.82, 2.24) is 5.32 Å². The van der Waals surface area contributed by atoms with Crippen LogP contribution in [-0.4, -0.2) is 43.9 Å². The number of anilines is 3. The number of para-hydroxylation sites is 2. The van der Waals surface area contributed by atoms with Gasteiger partial charge in [-0.05, 0) is 42.5 Å². The number of amides is 5. The molecule has 34 heavy (non-hydrogen) atoms. The molecule has 0 aliphatic heterocycles. The Balaban J connectivity index is 1.66. The molecule has 0 heterocycles. The minimum absolute atomic E-state index is 0.210. The van der Waals surface area contributed by atoms with Crippen molar-refractivity contribution in [3.8, 4) is 0 Å². The topological polar surface area (TPSA) is 125 Å². The van der Waals surface area contributed by atoms with E-state index in [2.05, 4.69) is 10.6 Å². The Morgan fingerprint density at radius 1 is 0.794 bits per heavy atom. The molecule has 3 rings (SSSR count). The fourth-order valence-corrected chi connectivity index (χ4v) is 3.15. The summed E-state index contributed by atoms with van der Waals surface area (Å²) in [7, 11) is 1.64. The summed E-state index contributed by atoms with van der Waals surface area (Å²) in [4.78, 5) is 52.3. The van der Waals surface area contributed by atoms with Crippen LogP contribution in [0.4, 0.5) is 21.9 Å². The molecular weight excluding hydrogens is 434 g/mol. The molecule has 0 saturated heterocycles. The quantitative estimate of drug-likeness (QED) is 0.479. The Bertz CT molecular complexity index is 1170. The van der Waals surface area contributed by atoms with Gasteiger partial charge in [0.1, 0.15) is 6.54 Å². The van der Waals surface area contributed by atoms with E-state index in [1.165, 1.54) is 21.9 Å². The van der Waals surface area contributed by atoms with Gasteiger partial charge in [0.25, 0.3) is 0 Å². The van der Waals surface area contributed by atoms with Gasteiger partial charge in [-0.3, -0.25) is 14.4 Å². The summed E-state index contributed by atoms with van der Waals surface area (Å²) < 4.78 is 0. The molecule has 0 aliphatic rings. The fourth-order valence-electron chi connectivity index (χ4n) is 3.15. The number of nitrogens with two attached hydrogens (primary N) is 1. The number of primary amides is 1. The van der Waals surface area contributed by atoms with Crippen molar-refractivity contribution >= 4 is 40.8 Å². The number of rotatable bonds is 8. The maximum atomic E-state index is 13.0. The number of hydrogen-bond donors (Lipinski definition) is 3. The van der Waals surface area contributed by atoms with Crippen LogP contribution in [0, 0.1) is 0 Å². The van der Waals surface area contributed by atoms with Crippen molar-refractivity contribution in [2.24, 2.45) is 5.73 Å². The van der Waals surface area contributed by atoms with Gasteiger partial charge < -0.3 is 26.2 Å². The Labute approximate surface area is 197 Å². The average molecular weight is 460 g/mol. The number of benzene rings is 3. The van der Waals surface area contributed by atoms with Gasteiger partial charge in [0.05, 0.1) is 6.54 Å². The third-order valence-electron chi connectivity index (χ3n) is 4.99. The third kappa shape index (κ3) is 6.42. The second-order valence-corrected chi connectivity index (χ2v) is 7.36. The highest BCUT2D eigenvalue weighted by Gasteiger charge is 2.22. The van der Waals surface area contributed by atoms with E-state index >= 15 is 0 Å². The van der Waals surface area contributed by atoms with Crippen LogP contribution in [0.15, 0.2) is 84.9 Å². The number of nitrogens with one attached hydrogen (secondary N) is 2. The van der Waals surface area contributed by atoms with Crippen molar-refractivity contribution in [2.45, 2.75) is 0 Å². The molecule has 9 heteroatoms. The largest absolute Gasteiger partial charge is 0.366 e. The predicted molar refractivity (Wildman–Crippen MR) is 131 cm³/mol. The zero-order chi connectivity index (χ0) is 24.5. The predicted octanol–water partition coefficient (Wildman–Crippen LogP) is 2.60. The van der Waals surface area contributed by atoms with Gasteiger partial charge in [-0.1, -0.05) is 42.5 Å². The van der Waals surface area contributed by atoms with Crippen molar-refractivity contribution in [3.63, 3.8) is 0 Å². The molecule has 0 radical (unpaired) electrons. The monoisotopic (exact) mass is 459 g/mol. The Hall–Kier alpha value is -4.66. The van der Waals surface area contributed by atoms with Crippen LogP contribution < -0.4 is 26.2 Å². The van der Waals surface area contributed by atoms with Crippen LogP contribution in [0.25, 0.3) is 0 Å². The molecule has 0 saturated carbocycles. The zero-order valence-corrected chi connectivity index (χ0v) is 18.6. The van der Waals surface area contributed by atoms with Gasteiger partial charge in [-0.2, -0.15) is 0 Å². The number of carbonyl (C=O) groups excluding carboxylic acids is 4. The SMILES string of the molecule is CN(C(=O)CN(C(=O)CNC(=O)Nc1cccc(C(N)=O)c1)c1ccccc1)c1ccccc1. The normalized spacial score (nSPS) is 10.1. The lowest BCUT2D eigenvalue weighted by molar-refractivity contribution is -0.121. The van der Waals surface area contributed by atoms with E-state index in [4.69, 9.17) is 5.73 Å². The molecule has 0 spiro atoms. The highest BCUT2D eigenvalue weighted by Crippen LogP contribution is 2.16. The molecule has 0 bridgehead atoms. The molecule has 4 N–H and O–H groups in total. The standard InChI is InChI=1S/C25H25N5O4/c1-29(20-11-4-2-5-12-20)23(32)17-30(21-13-6-3-7-14-21)22(31)16-27-25(34)28-19-10-8-9-18(15-19)24(26)33/h2-15H,16-17H2,1H3,(H2,26,33)(H2,27,28,34). The van der Waals surface area contributed by atoms with Gasteiger partial charge in [-0.15, -0.1) is 0 Å². The number of hydrogen-bond acceptors (Lipinski definition) is 4. The van der Waals surface area contributed by atoms with Crippen LogP contribution in [0.2, 0.25) is 0 Å². The van der Waals surface area contributed by atoms with E-state index in [0.717, 1.165) is 0 Å². The molecule has 0 fully saturated rings. The van der Waals surface area contributed by atoms with Crippen LogP contribution in [0.5, 0.6) is 0 Å². The summed E-state index contributed by atoms with van der Waals surface area (Å²) in [5, 5.41) is 5.03. The summed E-state index contributed by atoms with van der Waals surface area (Å²) in [5.41, 5.74) is 7.06. The van der Waals surface area contributed by atoms with E-state index in [-0.39, 0.29) is 24.6 Å². The van der Waals surface area contributed by atoms with Gasteiger partial charge in [-0.25, -0.2) is 4.79 Å². The van der Waals surface area contributed by atoms with E-state index < -0.39 is 17.8 Å². The van der Waals surface area contributed by atoms with Gasteiger partial charge in [0.2, 0.25) is 17.7 Å². The second-order valence-electron chi connectivity index (χ2n) is 7.36. The maximum Gasteiger partial charge on any atom is 0.319 e. The van der Waals surface area contributed by atoms with E-state index in [9.17, 15) is 19.2 Å². The molecule has 0 unspecified atom stereocenters. The second kappa shape index (κ2) is 11.3. The van der Waals surface area contributed by atoms with Gasteiger partial charge >= 0.3 is 6.03 Å². The zero-order valence-electron chi connectivity index (χ0n) is 18.6. The lowest BCUT2D eigenvalue weighted by Crippen LogP contribution is -2.46.